The number of amides is 3. The van der Waals surface area contributed by atoms with Crippen LogP contribution in [0.5, 0.6) is 0 Å². The highest BCUT2D eigenvalue weighted by Gasteiger charge is 2.30. The van der Waals surface area contributed by atoms with Gasteiger partial charge in [-0.2, -0.15) is 13.2 Å². The van der Waals surface area contributed by atoms with E-state index in [1.807, 2.05) is 0 Å². The van der Waals surface area contributed by atoms with Gasteiger partial charge in [-0.15, -0.1) is 0 Å². The van der Waals surface area contributed by atoms with Crippen molar-refractivity contribution in [2.45, 2.75) is 31.9 Å². The van der Waals surface area contributed by atoms with Gasteiger partial charge >= 0.3 is 6.18 Å². The van der Waals surface area contributed by atoms with E-state index in [-0.39, 0.29) is 43.0 Å². The average Bonchev–Trinajstić information content (AvgIpc) is 2.66. The molecule has 0 aromatic heterocycles. The number of carbonyl (C=O) groups excluding carboxylic acids is 3. The molecule has 3 N–H and O–H groups in total. The van der Waals surface area contributed by atoms with Crippen molar-refractivity contribution in [3.05, 3.63) is 35.4 Å². The summed E-state index contributed by atoms with van der Waals surface area (Å²) in [5.41, 5.74) is -0.175. The van der Waals surface area contributed by atoms with E-state index in [0.717, 1.165) is 12.1 Å². The van der Waals surface area contributed by atoms with Crippen LogP contribution in [0.2, 0.25) is 0 Å². The molecule has 0 spiro atoms. The molecule has 154 valence electrons. The second kappa shape index (κ2) is 9.57. The second-order valence-electron chi connectivity index (χ2n) is 6.93. The molecule has 1 aliphatic rings. The van der Waals surface area contributed by atoms with Crippen LogP contribution in [0.4, 0.5) is 13.2 Å². The summed E-state index contributed by atoms with van der Waals surface area (Å²) < 4.78 is 38.0. The third-order valence-electron chi connectivity index (χ3n) is 4.77. The zero-order chi connectivity index (χ0) is 20.7. The van der Waals surface area contributed by atoms with Gasteiger partial charge in [0.05, 0.1) is 11.5 Å². The van der Waals surface area contributed by atoms with Crippen LogP contribution in [0.1, 0.15) is 30.4 Å². The topological polar surface area (TPSA) is 87.3 Å². The first-order valence-corrected chi connectivity index (χ1v) is 9.10. The van der Waals surface area contributed by atoms with Gasteiger partial charge in [-0.05, 0) is 36.5 Å². The number of nitrogens with one attached hydrogen (secondary N) is 3. The molecule has 1 aliphatic heterocycles. The maximum atomic E-state index is 12.7. The van der Waals surface area contributed by atoms with Crippen LogP contribution in [0.15, 0.2) is 24.3 Å². The van der Waals surface area contributed by atoms with Gasteiger partial charge in [0.1, 0.15) is 0 Å². The fourth-order valence-electron chi connectivity index (χ4n) is 3.11. The first-order valence-electron chi connectivity index (χ1n) is 9.10. The zero-order valence-corrected chi connectivity index (χ0v) is 15.6. The highest BCUT2D eigenvalue weighted by molar-refractivity contribution is 5.81. The van der Waals surface area contributed by atoms with Crippen LogP contribution >= 0.6 is 0 Å². The van der Waals surface area contributed by atoms with Crippen molar-refractivity contribution < 1.29 is 27.6 Å². The molecule has 2 atom stereocenters. The van der Waals surface area contributed by atoms with Gasteiger partial charge in [-0.1, -0.05) is 12.1 Å². The van der Waals surface area contributed by atoms with E-state index in [2.05, 4.69) is 16.0 Å². The first kappa shape index (κ1) is 21.7. The Balaban J connectivity index is 1.90. The van der Waals surface area contributed by atoms with Gasteiger partial charge in [0.15, 0.2) is 0 Å². The lowest BCUT2D eigenvalue weighted by Crippen LogP contribution is -2.41. The molecule has 2 unspecified atom stereocenters. The quantitative estimate of drug-likeness (QED) is 0.652. The predicted molar refractivity (Wildman–Crippen MR) is 96.1 cm³/mol. The first-order chi connectivity index (χ1) is 13.2. The number of rotatable bonds is 7. The Morgan fingerprint density at radius 3 is 2.46 bits per heavy atom. The van der Waals surface area contributed by atoms with Crippen molar-refractivity contribution in [3.63, 3.8) is 0 Å². The van der Waals surface area contributed by atoms with Crippen LogP contribution in [-0.4, -0.2) is 37.9 Å². The molecule has 2 rings (SSSR count). The van der Waals surface area contributed by atoms with Gasteiger partial charge < -0.3 is 16.0 Å². The van der Waals surface area contributed by atoms with E-state index in [4.69, 9.17) is 0 Å². The van der Waals surface area contributed by atoms with Gasteiger partial charge in [0, 0.05) is 33.0 Å². The standard InChI is InChI=1S/C19H24F3N3O3/c1-23-18(28)14(8-12-2-5-15(6-3-12)19(20,21)22)11-25-17(27)9-13-4-7-16(26)24-10-13/h2-3,5-6,13-14H,4,7-11H2,1H3,(H,23,28)(H,24,26)(H,25,27). The maximum absolute atomic E-state index is 12.7. The smallest absolute Gasteiger partial charge is 0.359 e. The number of alkyl halides is 3. The van der Waals surface area contributed by atoms with Gasteiger partial charge in [-0.3, -0.25) is 14.4 Å². The highest BCUT2D eigenvalue weighted by Crippen LogP contribution is 2.29. The summed E-state index contributed by atoms with van der Waals surface area (Å²) in [6.45, 7) is 0.537. The minimum Gasteiger partial charge on any atom is -0.359 e. The summed E-state index contributed by atoms with van der Waals surface area (Å²) in [5.74, 6) is -1.08. The number of piperidine rings is 1. The molecule has 3 amide bonds. The number of halogens is 3. The lowest BCUT2D eigenvalue weighted by molar-refractivity contribution is -0.137. The molecular weight excluding hydrogens is 375 g/mol. The fraction of sp³-hybridized carbons (Fsp3) is 0.526. The van der Waals surface area contributed by atoms with Gasteiger partial charge in [0.2, 0.25) is 17.7 Å². The summed E-state index contributed by atoms with van der Waals surface area (Å²) in [6, 6.07) is 4.63. The van der Waals surface area contributed by atoms with Crippen molar-refractivity contribution in [2.24, 2.45) is 11.8 Å². The third-order valence-corrected chi connectivity index (χ3v) is 4.77. The molecule has 1 aromatic carbocycles. The number of hydrogen-bond donors (Lipinski definition) is 3. The Bertz CT molecular complexity index is 695. The molecule has 0 aliphatic carbocycles. The van der Waals surface area contributed by atoms with Crippen LogP contribution < -0.4 is 16.0 Å². The maximum Gasteiger partial charge on any atom is 0.416 e. The third kappa shape index (κ3) is 6.54. The normalized spacial score (nSPS) is 18.1. The summed E-state index contributed by atoms with van der Waals surface area (Å²) in [5, 5.41) is 7.95. The van der Waals surface area contributed by atoms with Crippen LogP contribution in [0, 0.1) is 11.8 Å². The molecule has 9 heteroatoms. The van der Waals surface area contributed by atoms with Crippen molar-refractivity contribution >= 4 is 17.7 Å². The number of carbonyl (C=O) groups is 3. The lowest BCUT2D eigenvalue weighted by Gasteiger charge is -2.22. The molecule has 1 fully saturated rings. The Morgan fingerprint density at radius 2 is 1.93 bits per heavy atom. The Kier molecular flexibility index (Phi) is 7.42. The van der Waals surface area contributed by atoms with Crippen molar-refractivity contribution in [1.82, 2.24) is 16.0 Å². The second-order valence-corrected chi connectivity index (χ2v) is 6.93. The van der Waals surface area contributed by atoms with Crippen LogP contribution in [-0.2, 0) is 27.0 Å². The van der Waals surface area contributed by atoms with Crippen molar-refractivity contribution in [2.75, 3.05) is 20.1 Å². The van der Waals surface area contributed by atoms with Crippen LogP contribution in [0.3, 0.4) is 0 Å². The Hall–Kier alpha value is -2.58. The van der Waals surface area contributed by atoms with Gasteiger partial charge in [-0.25, -0.2) is 0 Å². The molecule has 0 radical (unpaired) electrons. The molecular formula is C19H24F3N3O3. The Morgan fingerprint density at radius 1 is 1.25 bits per heavy atom. The van der Waals surface area contributed by atoms with E-state index in [1.54, 1.807) is 0 Å². The Labute approximate surface area is 161 Å². The minimum atomic E-state index is -4.41. The average molecular weight is 399 g/mol. The summed E-state index contributed by atoms with van der Waals surface area (Å²) >= 11 is 0. The van der Waals surface area contributed by atoms with E-state index < -0.39 is 17.7 Å². The largest absolute Gasteiger partial charge is 0.416 e. The molecule has 1 aromatic rings. The summed E-state index contributed by atoms with van der Waals surface area (Å²) in [4.78, 5) is 35.4. The van der Waals surface area contributed by atoms with E-state index in [0.29, 0.717) is 24.9 Å². The van der Waals surface area contributed by atoms with E-state index in [1.165, 1.54) is 19.2 Å². The molecule has 0 saturated carbocycles. The van der Waals surface area contributed by atoms with E-state index >= 15 is 0 Å². The fourth-order valence-corrected chi connectivity index (χ4v) is 3.11. The number of hydrogen-bond acceptors (Lipinski definition) is 3. The molecule has 1 saturated heterocycles. The summed E-state index contributed by atoms with van der Waals surface area (Å²) in [7, 11) is 1.47. The summed E-state index contributed by atoms with van der Waals surface area (Å²) in [6.07, 6.45) is -2.92. The molecule has 0 bridgehead atoms. The van der Waals surface area contributed by atoms with Gasteiger partial charge in [0.25, 0.3) is 0 Å². The van der Waals surface area contributed by atoms with Crippen molar-refractivity contribution in [3.8, 4) is 0 Å². The zero-order valence-electron chi connectivity index (χ0n) is 15.6. The van der Waals surface area contributed by atoms with E-state index in [9.17, 15) is 27.6 Å². The highest BCUT2D eigenvalue weighted by atomic mass is 19.4. The van der Waals surface area contributed by atoms with Crippen molar-refractivity contribution in [1.29, 1.82) is 0 Å². The molecule has 28 heavy (non-hydrogen) atoms. The lowest BCUT2D eigenvalue weighted by atomic mass is 9.95. The molecule has 6 nitrogen and oxygen atoms in total. The predicted octanol–water partition coefficient (Wildman–Crippen LogP) is 1.64. The minimum absolute atomic E-state index is 0.0205. The SMILES string of the molecule is CNC(=O)C(CNC(=O)CC1CCC(=O)NC1)Cc1ccc(C(F)(F)F)cc1. The van der Waals surface area contributed by atoms with Crippen LogP contribution in [0.25, 0.3) is 0 Å². The monoisotopic (exact) mass is 399 g/mol. The number of benzene rings is 1. The molecule has 1 heterocycles.